The second kappa shape index (κ2) is 7.86. The van der Waals surface area contributed by atoms with Crippen molar-refractivity contribution in [2.75, 3.05) is 6.54 Å². The molecule has 2 aromatic heterocycles. The average Bonchev–Trinajstić information content (AvgIpc) is 3.43. The van der Waals surface area contributed by atoms with Crippen LogP contribution in [0.1, 0.15) is 33.2 Å². The first-order chi connectivity index (χ1) is 16.3. The number of hydrogen-bond acceptors (Lipinski definition) is 5. The summed E-state index contributed by atoms with van der Waals surface area (Å²) in [5.74, 6) is -1.35. The number of H-pyrrole nitrogens is 1. The molecule has 1 aliphatic rings. The molecule has 1 aliphatic heterocycles. The van der Waals surface area contributed by atoms with Crippen molar-refractivity contribution in [3.63, 3.8) is 0 Å². The number of carbonyl (C=O) groups is 2. The van der Waals surface area contributed by atoms with Gasteiger partial charge in [-0.15, -0.1) is 0 Å². The average molecular weight is 479 g/mol. The monoisotopic (exact) mass is 478 g/mol. The summed E-state index contributed by atoms with van der Waals surface area (Å²) in [6, 6.07) is 7.93. The fraction of sp³-hybridized carbons (Fsp3) is 0.136. The number of nitrogens with one attached hydrogen (secondary N) is 1. The molecule has 3 heterocycles. The van der Waals surface area contributed by atoms with Crippen molar-refractivity contribution in [3.8, 4) is 17.3 Å². The molecule has 5 N–H and O–H groups in total. The van der Waals surface area contributed by atoms with Crippen molar-refractivity contribution < 1.29 is 14.0 Å². The van der Waals surface area contributed by atoms with Crippen molar-refractivity contribution in [1.29, 1.82) is 5.26 Å². The molecule has 0 radical (unpaired) electrons. The Morgan fingerprint density at radius 2 is 2.03 bits per heavy atom. The molecule has 0 saturated heterocycles. The number of amides is 3. The molecular weight excluding hydrogens is 463 g/mol. The minimum atomic E-state index is -0.860. The van der Waals surface area contributed by atoms with Gasteiger partial charge in [-0.3, -0.25) is 14.6 Å². The number of urea groups is 1. The summed E-state index contributed by atoms with van der Waals surface area (Å²) in [6.45, 7) is 0.422. The molecule has 0 fully saturated rings. The third-order valence-electron chi connectivity index (χ3n) is 5.86. The zero-order valence-electron chi connectivity index (χ0n) is 17.4. The Hall–Kier alpha value is -4.43. The number of fused-ring (bicyclic) bond motifs is 2. The van der Waals surface area contributed by atoms with E-state index >= 15 is 0 Å². The molecule has 34 heavy (non-hydrogen) atoms. The van der Waals surface area contributed by atoms with Gasteiger partial charge in [0.2, 0.25) is 0 Å². The van der Waals surface area contributed by atoms with E-state index in [0.717, 1.165) is 0 Å². The minimum absolute atomic E-state index is 0.0229. The fourth-order valence-electron chi connectivity index (χ4n) is 4.36. The Kier molecular flexibility index (Phi) is 4.95. The number of aromatic amines is 1. The summed E-state index contributed by atoms with van der Waals surface area (Å²) in [7, 11) is 0. The summed E-state index contributed by atoms with van der Waals surface area (Å²) in [5.41, 5.74) is 13.4. The van der Waals surface area contributed by atoms with Crippen LogP contribution in [-0.4, -0.2) is 43.4 Å². The van der Waals surface area contributed by atoms with E-state index in [9.17, 15) is 19.2 Å². The highest BCUT2D eigenvalue weighted by atomic mass is 35.5. The van der Waals surface area contributed by atoms with Crippen LogP contribution in [0.15, 0.2) is 36.5 Å². The lowest BCUT2D eigenvalue weighted by Gasteiger charge is -2.35. The predicted molar refractivity (Wildman–Crippen MR) is 120 cm³/mol. The molecule has 1 unspecified atom stereocenters. The zero-order valence-corrected chi connectivity index (χ0v) is 18.2. The van der Waals surface area contributed by atoms with Gasteiger partial charge in [-0.2, -0.15) is 15.5 Å². The van der Waals surface area contributed by atoms with E-state index in [1.807, 2.05) is 6.07 Å². The van der Waals surface area contributed by atoms with Crippen LogP contribution >= 0.6 is 11.6 Å². The van der Waals surface area contributed by atoms with Gasteiger partial charge in [0.1, 0.15) is 23.6 Å². The molecule has 2 aromatic carbocycles. The molecule has 10 nitrogen and oxygen atoms in total. The molecular formula is C22H16ClFN8O2. The topological polar surface area (TPSA) is 160 Å². The molecule has 0 saturated carbocycles. The fourth-order valence-corrected chi connectivity index (χ4v) is 4.59. The van der Waals surface area contributed by atoms with Crippen LogP contribution in [-0.2, 0) is 6.54 Å². The van der Waals surface area contributed by atoms with Crippen LogP contribution < -0.4 is 11.5 Å². The number of aromatic nitrogens is 4. The first kappa shape index (κ1) is 21.4. The van der Waals surface area contributed by atoms with Gasteiger partial charge < -0.3 is 16.4 Å². The summed E-state index contributed by atoms with van der Waals surface area (Å²) >= 11 is 6.25. The molecule has 0 aliphatic carbocycles. The predicted octanol–water partition coefficient (Wildman–Crippen LogP) is 2.67. The number of hydrogen-bond donors (Lipinski definition) is 3. The molecule has 0 bridgehead atoms. The maximum Gasteiger partial charge on any atom is 0.315 e. The van der Waals surface area contributed by atoms with Gasteiger partial charge in [-0.1, -0.05) is 17.7 Å². The van der Waals surface area contributed by atoms with Crippen molar-refractivity contribution >= 4 is 34.4 Å². The number of primary amides is 2. The minimum Gasteiger partial charge on any atom is -0.365 e. The van der Waals surface area contributed by atoms with E-state index in [2.05, 4.69) is 15.3 Å². The van der Waals surface area contributed by atoms with E-state index in [0.29, 0.717) is 27.7 Å². The maximum absolute atomic E-state index is 14.7. The third-order valence-corrected chi connectivity index (χ3v) is 6.17. The number of nitrogens with two attached hydrogens (primary N) is 2. The number of benzene rings is 2. The highest BCUT2D eigenvalue weighted by molar-refractivity contribution is 6.31. The Balaban J connectivity index is 1.77. The Bertz CT molecular complexity index is 1540. The van der Waals surface area contributed by atoms with Crippen LogP contribution in [0, 0.1) is 17.1 Å². The second-order valence-electron chi connectivity index (χ2n) is 7.77. The lowest BCUT2D eigenvalue weighted by atomic mass is 9.94. The van der Waals surface area contributed by atoms with Crippen molar-refractivity contribution in [2.45, 2.75) is 12.6 Å². The SMILES string of the molecule is N#Cc1ccc(C2c3c(C(N)=O)c(-c4cc(F)c5cn[nH]c5c4)nn3CCN2C(N)=O)cc1Cl. The van der Waals surface area contributed by atoms with Crippen LogP contribution in [0.4, 0.5) is 9.18 Å². The van der Waals surface area contributed by atoms with Crippen molar-refractivity contribution in [1.82, 2.24) is 24.9 Å². The normalized spacial score (nSPS) is 15.2. The van der Waals surface area contributed by atoms with Gasteiger partial charge in [-0.25, -0.2) is 9.18 Å². The van der Waals surface area contributed by atoms with E-state index < -0.39 is 23.8 Å². The van der Waals surface area contributed by atoms with Crippen molar-refractivity contribution in [2.24, 2.45) is 11.5 Å². The molecule has 170 valence electrons. The van der Waals surface area contributed by atoms with E-state index in [1.54, 1.807) is 16.8 Å². The second-order valence-corrected chi connectivity index (χ2v) is 8.18. The zero-order chi connectivity index (χ0) is 24.1. The lowest BCUT2D eigenvalue weighted by molar-refractivity contribution is 0.0995. The summed E-state index contributed by atoms with van der Waals surface area (Å²) < 4.78 is 16.2. The third kappa shape index (κ3) is 3.23. The summed E-state index contributed by atoms with van der Waals surface area (Å²) in [4.78, 5) is 26.4. The number of carbonyl (C=O) groups excluding carboxylic acids is 2. The molecule has 12 heteroatoms. The van der Waals surface area contributed by atoms with Gasteiger partial charge in [0.25, 0.3) is 5.91 Å². The van der Waals surface area contributed by atoms with Crippen LogP contribution in [0.3, 0.4) is 0 Å². The number of rotatable bonds is 3. The van der Waals surface area contributed by atoms with Crippen LogP contribution in [0.25, 0.3) is 22.2 Å². The van der Waals surface area contributed by atoms with E-state index in [-0.39, 0.29) is 34.9 Å². The van der Waals surface area contributed by atoms with Gasteiger partial charge >= 0.3 is 6.03 Å². The van der Waals surface area contributed by atoms with Gasteiger partial charge in [0, 0.05) is 12.1 Å². The lowest BCUT2D eigenvalue weighted by Crippen LogP contribution is -2.46. The number of nitrogens with zero attached hydrogens (tertiary/aromatic N) is 5. The summed E-state index contributed by atoms with van der Waals surface area (Å²) in [6.07, 6.45) is 1.36. The van der Waals surface area contributed by atoms with Crippen LogP contribution in [0.2, 0.25) is 5.02 Å². The van der Waals surface area contributed by atoms with E-state index in [1.165, 1.54) is 29.3 Å². The summed E-state index contributed by atoms with van der Waals surface area (Å²) in [5, 5.41) is 20.8. The van der Waals surface area contributed by atoms with Gasteiger partial charge in [-0.05, 0) is 29.8 Å². The largest absolute Gasteiger partial charge is 0.365 e. The van der Waals surface area contributed by atoms with Crippen LogP contribution in [0.5, 0.6) is 0 Å². The highest BCUT2D eigenvalue weighted by Gasteiger charge is 2.38. The first-order valence-corrected chi connectivity index (χ1v) is 10.5. The van der Waals surface area contributed by atoms with E-state index in [4.69, 9.17) is 23.1 Å². The Labute approximate surface area is 196 Å². The molecule has 1 atom stereocenters. The smallest absolute Gasteiger partial charge is 0.315 e. The molecule has 0 spiro atoms. The van der Waals surface area contributed by atoms with Gasteiger partial charge in [0.15, 0.2) is 0 Å². The maximum atomic E-state index is 14.7. The number of halogens is 2. The number of nitriles is 1. The van der Waals surface area contributed by atoms with Gasteiger partial charge in [0.05, 0.1) is 45.5 Å². The molecule has 3 amide bonds. The van der Waals surface area contributed by atoms with Crippen molar-refractivity contribution in [3.05, 3.63) is 69.8 Å². The molecule has 4 aromatic rings. The highest BCUT2D eigenvalue weighted by Crippen LogP contribution is 2.39. The standard InChI is InChI=1S/C22H16ClFN8O2/c23-14-5-10(1-2-11(14)8-25)19-20-17(21(26)33)18(30-32(20)4-3-31(19)22(27)34)12-6-15(24)13-9-28-29-16(13)7-12/h1-2,5-7,9,19H,3-4H2,(H2,26,33)(H2,27,34)(H,28,29). The Morgan fingerprint density at radius 1 is 1.24 bits per heavy atom. The Morgan fingerprint density at radius 3 is 2.71 bits per heavy atom. The molecule has 5 rings (SSSR count). The first-order valence-electron chi connectivity index (χ1n) is 10.1. The quantitative estimate of drug-likeness (QED) is 0.412.